The lowest BCUT2D eigenvalue weighted by Crippen LogP contribution is -2.06. The smallest absolute Gasteiger partial charge is 0.231 e. The van der Waals surface area contributed by atoms with Gasteiger partial charge in [0.15, 0.2) is 0 Å². The van der Waals surface area contributed by atoms with Crippen LogP contribution >= 0.6 is 0 Å². The van der Waals surface area contributed by atoms with Crippen molar-refractivity contribution in [2.24, 2.45) is 0 Å². The monoisotopic (exact) mass is 244 g/mol. The first kappa shape index (κ1) is 11.8. The van der Waals surface area contributed by atoms with Crippen LogP contribution in [0.25, 0.3) is 0 Å². The first-order valence-corrected chi connectivity index (χ1v) is 5.22. The number of hydrogen-bond donors (Lipinski definition) is 3. The Bertz CT molecular complexity index is 571. The predicted molar refractivity (Wildman–Crippen MR) is 68.3 cm³/mol. The molecule has 0 spiro atoms. The number of aromatic nitrogens is 3. The van der Waals surface area contributed by atoms with Gasteiger partial charge in [-0.3, -0.25) is 4.79 Å². The maximum Gasteiger partial charge on any atom is 0.231 e. The highest BCUT2D eigenvalue weighted by Crippen LogP contribution is 2.17. The summed E-state index contributed by atoms with van der Waals surface area (Å²) in [4.78, 5) is 22.5. The molecule has 0 fully saturated rings. The van der Waals surface area contributed by atoms with Crippen molar-refractivity contribution in [1.29, 1.82) is 0 Å². The first-order valence-electron chi connectivity index (χ1n) is 5.22. The van der Waals surface area contributed by atoms with E-state index in [-0.39, 0.29) is 11.9 Å². The van der Waals surface area contributed by atoms with Crippen LogP contribution in [0.2, 0.25) is 0 Å². The third-order valence-electron chi connectivity index (χ3n) is 2.03. The Morgan fingerprint density at radius 1 is 1.28 bits per heavy atom. The highest BCUT2D eigenvalue weighted by molar-refractivity contribution is 5.89. The quantitative estimate of drug-likeness (QED) is 0.748. The number of hydrogen-bond acceptors (Lipinski definition) is 6. The fraction of sp³-hybridized carbons (Fsp3) is 0.0909. The first-order chi connectivity index (χ1) is 8.63. The van der Waals surface area contributed by atoms with Gasteiger partial charge in [0, 0.05) is 18.3 Å². The summed E-state index contributed by atoms with van der Waals surface area (Å²) in [7, 11) is 0. The second kappa shape index (κ2) is 5.09. The summed E-state index contributed by atoms with van der Waals surface area (Å²) >= 11 is 0. The van der Waals surface area contributed by atoms with Gasteiger partial charge in [0.2, 0.25) is 17.8 Å². The van der Waals surface area contributed by atoms with Gasteiger partial charge < -0.3 is 16.4 Å². The molecule has 0 saturated carbocycles. The maximum atomic E-state index is 10.9. The minimum atomic E-state index is -0.128. The van der Waals surface area contributed by atoms with Gasteiger partial charge in [0.05, 0.1) is 0 Å². The molecule has 0 aliphatic carbocycles. The molecule has 2 aromatic rings. The summed E-state index contributed by atoms with van der Waals surface area (Å²) in [5, 5.41) is 5.65. The van der Waals surface area contributed by atoms with Crippen molar-refractivity contribution < 1.29 is 4.79 Å². The molecule has 92 valence electrons. The van der Waals surface area contributed by atoms with Crippen molar-refractivity contribution in [1.82, 2.24) is 15.0 Å². The molecule has 0 bridgehead atoms. The number of benzene rings is 1. The molecule has 7 heteroatoms. The van der Waals surface area contributed by atoms with Crippen LogP contribution in [0.3, 0.4) is 0 Å². The Morgan fingerprint density at radius 3 is 2.78 bits per heavy atom. The molecule has 0 aliphatic heterocycles. The number of amides is 1. The molecule has 0 unspecified atom stereocenters. The minimum Gasteiger partial charge on any atom is -0.368 e. The lowest BCUT2D eigenvalue weighted by molar-refractivity contribution is -0.114. The van der Waals surface area contributed by atoms with Crippen LogP contribution in [0.5, 0.6) is 0 Å². The molecule has 4 N–H and O–H groups in total. The minimum absolute atomic E-state index is 0.128. The lowest BCUT2D eigenvalue weighted by atomic mass is 10.3. The van der Waals surface area contributed by atoms with Gasteiger partial charge in [0.25, 0.3) is 0 Å². The third kappa shape index (κ3) is 3.14. The van der Waals surface area contributed by atoms with Crippen LogP contribution in [0.4, 0.5) is 23.3 Å². The zero-order valence-electron chi connectivity index (χ0n) is 9.71. The van der Waals surface area contributed by atoms with Crippen molar-refractivity contribution in [3.8, 4) is 0 Å². The fourth-order valence-corrected chi connectivity index (χ4v) is 1.38. The average Bonchev–Trinajstić information content (AvgIpc) is 2.28. The van der Waals surface area contributed by atoms with Crippen LogP contribution in [-0.2, 0) is 4.79 Å². The van der Waals surface area contributed by atoms with Gasteiger partial charge in [-0.2, -0.15) is 4.98 Å². The van der Waals surface area contributed by atoms with Crippen molar-refractivity contribution in [2.45, 2.75) is 6.92 Å². The molecule has 7 nitrogen and oxygen atoms in total. The molecule has 0 aliphatic rings. The Balaban J connectivity index is 2.16. The molecular formula is C11H12N6O. The number of anilines is 4. The van der Waals surface area contributed by atoms with E-state index in [1.165, 1.54) is 13.3 Å². The summed E-state index contributed by atoms with van der Waals surface area (Å²) in [6, 6.07) is 7.18. The van der Waals surface area contributed by atoms with Crippen LogP contribution in [-0.4, -0.2) is 20.9 Å². The molecule has 1 aromatic heterocycles. The van der Waals surface area contributed by atoms with E-state index in [0.29, 0.717) is 11.6 Å². The molecule has 0 saturated heterocycles. The van der Waals surface area contributed by atoms with E-state index in [1.807, 2.05) is 6.07 Å². The highest BCUT2D eigenvalue weighted by atomic mass is 16.1. The Kier molecular flexibility index (Phi) is 3.33. The fourth-order valence-electron chi connectivity index (χ4n) is 1.38. The average molecular weight is 244 g/mol. The number of nitrogens with one attached hydrogen (secondary N) is 2. The van der Waals surface area contributed by atoms with Crippen LogP contribution in [0.1, 0.15) is 6.92 Å². The summed E-state index contributed by atoms with van der Waals surface area (Å²) in [6.07, 6.45) is 1.32. The third-order valence-corrected chi connectivity index (χ3v) is 2.03. The van der Waals surface area contributed by atoms with Gasteiger partial charge in [-0.1, -0.05) is 6.07 Å². The molecule has 0 radical (unpaired) electrons. The van der Waals surface area contributed by atoms with Crippen molar-refractivity contribution in [3.63, 3.8) is 0 Å². The van der Waals surface area contributed by atoms with Gasteiger partial charge in [-0.05, 0) is 18.2 Å². The van der Waals surface area contributed by atoms with E-state index >= 15 is 0 Å². The van der Waals surface area contributed by atoms with Gasteiger partial charge >= 0.3 is 0 Å². The van der Waals surface area contributed by atoms with E-state index in [1.54, 1.807) is 18.2 Å². The van der Waals surface area contributed by atoms with E-state index in [2.05, 4.69) is 25.6 Å². The van der Waals surface area contributed by atoms with Gasteiger partial charge in [-0.15, -0.1) is 0 Å². The SMILES string of the molecule is CC(=O)Nc1cccc(Nc2ncnc(N)n2)c1. The number of rotatable bonds is 3. The van der Waals surface area contributed by atoms with Gasteiger partial charge in [0.1, 0.15) is 6.33 Å². The summed E-state index contributed by atoms with van der Waals surface area (Å²) in [6.45, 7) is 1.45. The van der Waals surface area contributed by atoms with E-state index in [9.17, 15) is 4.79 Å². The van der Waals surface area contributed by atoms with Crippen molar-refractivity contribution in [3.05, 3.63) is 30.6 Å². The topological polar surface area (TPSA) is 106 Å². The largest absolute Gasteiger partial charge is 0.368 e. The van der Waals surface area contributed by atoms with E-state index in [0.717, 1.165) is 5.69 Å². The summed E-state index contributed by atoms with van der Waals surface area (Å²) < 4.78 is 0. The number of carbonyl (C=O) groups is 1. The summed E-state index contributed by atoms with van der Waals surface area (Å²) in [5.74, 6) is 0.365. The lowest BCUT2D eigenvalue weighted by Gasteiger charge is -2.07. The van der Waals surface area contributed by atoms with E-state index in [4.69, 9.17) is 5.73 Å². The molecule has 1 heterocycles. The summed E-state index contributed by atoms with van der Waals surface area (Å²) in [5.41, 5.74) is 6.88. The number of carbonyl (C=O) groups excluding carboxylic acids is 1. The molecule has 1 amide bonds. The zero-order valence-corrected chi connectivity index (χ0v) is 9.71. The van der Waals surface area contributed by atoms with Crippen molar-refractivity contribution >= 4 is 29.2 Å². The molecule has 2 rings (SSSR count). The van der Waals surface area contributed by atoms with Crippen LogP contribution in [0, 0.1) is 0 Å². The van der Waals surface area contributed by atoms with Crippen LogP contribution < -0.4 is 16.4 Å². The second-order valence-electron chi connectivity index (χ2n) is 3.55. The predicted octanol–water partition coefficient (Wildman–Crippen LogP) is 1.16. The molecular weight excluding hydrogens is 232 g/mol. The second-order valence-corrected chi connectivity index (χ2v) is 3.55. The maximum absolute atomic E-state index is 10.9. The van der Waals surface area contributed by atoms with Crippen LogP contribution in [0.15, 0.2) is 30.6 Å². The zero-order chi connectivity index (χ0) is 13.0. The standard InChI is InChI=1S/C11H12N6O/c1-7(18)15-8-3-2-4-9(5-8)16-11-14-6-13-10(12)17-11/h2-6H,1H3,(H,15,18)(H3,12,13,14,16,17). The normalized spacial score (nSPS) is 9.83. The Morgan fingerprint density at radius 2 is 2.06 bits per heavy atom. The molecule has 0 atom stereocenters. The molecule has 18 heavy (non-hydrogen) atoms. The number of nitrogens with zero attached hydrogens (tertiary/aromatic N) is 3. The number of nitrogens with two attached hydrogens (primary N) is 1. The Hall–Kier alpha value is -2.70. The van der Waals surface area contributed by atoms with E-state index < -0.39 is 0 Å². The molecule has 1 aromatic carbocycles. The highest BCUT2D eigenvalue weighted by Gasteiger charge is 2.01. The Labute approximate surface area is 103 Å². The number of nitrogen functional groups attached to an aromatic ring is 1. The van der Waals surface area contributed by atoms with Crippen molar-refractivity contribution in [2.75, 3.05) is 16.4 Å². The van der Waals surface area contributed by atoms with Gasteiger partial charge in [-0.25, -0.2) is 9.97 Å².